The molecule has 1 amide bonds. The fraction of sp³-hybridized carbons (Fsp3) is 0. The molecule has 0 saturated heterocycles. The standard InChI is InChI=1S/C12H6Br2ClNO3S/c13-5-3-6(12(18)19)9(7(14)4-5)16-11(17)10-8(15)1-2-20-10/h1-4H,(H,16,17)(H,18,19). The summed E-state index contributed by atoms with van der Waals surface area (Å²) >= 11 is 13.5. The first-order valence-electron chi connectivity index (χ1n) is 5.17. The van der Waals surface area contributed by atoms with E-state index in [9.17, 15) is 14.7 Å². The molecule has 1 aromatic carbocycles. The second kappa shape index (κ2) is 6.26. The Morgan fingerprint density at radius 3 is 2.55 bits per heavy atom. The van der Waals surface area contributed by atoms with Crippen LogP contribution in [0, 0.1) is 0 Å². The monoisotopic (exact) mass is 437 g/mol. The van der Waals surface area contributed by atoms with Crippen molar-refractivity contribution in [2.24, 2.45) is 0 Å². The molecule has 0 saturated carbocycles. The molecule has 20 heavy (non-hydrogen) atoms. The lowest BCUT2D eigenvalue weighted by molar-refractivity contribution is 0.0698. The van der Waals surface area contributed by atoms with Gasteiger partial charge in [-0.3, -0.25) is 4.79 Å². The van der Waals surface area contributed by atoms with Crippen LogP contribution < -0.4 is 5.32 Å². The van der Waals surface area contributed by atoms with E-state index in [4.69, 9.17) is 11.6 Å². The molecule has 2 rings (SSSR count). The van der Waals surface area contributed by atoms with Crippen LogP contribution in [0.15, 0.2) is 32.5 Å². The number of hydrogen-bond donors (Lipinski definition) is 2. The number of halogens is 3. The van der Waals surface area contributed by atoms with Gasteiger partial charge in [-0.2, -0.15) is 0 Å². The van der Waals surface area contributed by atoms with Crippen LogP contribution in [0.25, 0.3) is 0 Å². The minimum absolute atomic E-state index is 0.0210. The van der Waals surface area contributed by atoms with E-state index in [0.29, 0.717) is 18.8 Å². The molecule has 1 aromatic heterocycles. The molecule has 0 aliphatic heterocycles. The van der Waals surface area contributed by atoms with Gasteiger partial charge in [-0.05, 0) is 39.5 Å². The summed E-state index contributed by atoms with van der Waals surface area (Å²) in [6.07, 6.45) is 0. The predicted octanol–water partition coefficient (Wildman–Crippen LogP) is 4.88. The number of nitrogens with one attached hydrogen (secondary N) is 1. The van der Waals surface area contributed by atoms with Gasteiger partial charge in [-0.15, -0.1) is 11.3 Å². The van der Waals surface area contributed by atoms with Crippen molar-refractivity contribution in [3.8, 4) is 0 Å². The van der Waals surface area contributed by atoms with Gasteiger partial charge in [0.1, 0.15) is 4.88 Å². The van der Waals surface area contributed by atoms with Gasteiger partial charge in [0.2, 0.25) is 0 Å². The molecule has 0 radical (unpaired) electrons. The summed E-state index contributed by atoms with van der Waals surface area (Å²) in [4.78, 5) is 23.7. The molecule has 0 aliphatic rings. The summed E-state index contributed by atoms with van der Waals surface area (Å²) in [6.45, 7) is 0. The summed E-state index contributed by atoms with van der Waals surface area (Å²) in [6, 6.07) is 4.67. The molecule has 0 fully saturated rings. The molecule has 0 aliphatic carbocycles. The van der Waals surface area contributed by atoms with Crippen molar-refractivity contribution in [1.82, 2.24) is 0 Å². The lowest BCUT2D eigenvalue weighted by Crippen LogP contribution is -2.14. The summed E-state index contributed by atoms with van der Waals surface area (Å²) in [7, 11) is 0. The van der Waals surface area contributed by atoms with Gasteiger partial charge in [-0.25, -0.2) is 4.79 Å². The third-order valence-corrected chi connectivity index (χ3v) is 4.77. The second-order valence-corrected chi connectivity index (χ2v) is 6.76. The maximum atomic E-state index is 12.1. The SMILES string of the molecule is O=C(O)c1cc(Br)cc(Br)c1NC(=O)c1sccc1Cl. The number of anilines is 1. The smallest absolute Gasteiger partial charge is 0.337 e. The molecule has 4 nitrogen and oxygen atoms in total. The Morgan fingerprint density at radius 1 is 1.30 bits per heavy atom. The summed E-state index contributed by atoms with van der Waals surface area (Å²) < 4.78 is 1.05. The Labute approximate surface area is 140 Å². The Balaban J connectivity index is 2.41. The van der Waals surface area contributed by atoms with Crippen molar-refractivity contribution in [2.45, 2.75) is 0 Å². The number of carboxylic acid groups (broad SMARTS) is 1. The van der Waals surface area contributed by atoms with E-state index in [2.05, 4.69) is 37.2 Å². The van der Waals surface area contributed by atoms with Gasteiger partial charge in [0, 0.05) is 8.95 Å². The van der Waals surface area contributed by atoms with Crippen LogP contribution in [0.5, 0.6) is 0 Å². The van der Waals surface area contributed by atoms with E-state index in [-0.39, 0.29) is 11.3 Å². The second-order valence-electron chi connectivity index (χ2n) is 3.67. The first kappa shape index (κ1) is 15.5. The molecule has 2 aromatic rings. The van der Waals surface area contributed by atoms with E-state index >= 15 is 0 Å². The van der Waals surface area contributed by atoms with E-state index < -0.39 is 11.9 Å². The van der Waals surface area contributed by atoms with Crippen LogP contribution in [-0.2, 0) is 0 Å². The number of carbonyl (C=O) groups excluding carboxylic acids is 1. The first-order chi connectivity index (χ1) is 9.40. The minimum atomic E-state index is -1.14. The molecule has 0 bridgehead atoms. The number of amides is 1. The lowest BCUT2D eigenvalue weighted by atomic mass is 10.2. The zero-order valence-electron chi connectivity index (χ0n) is 9.62. The van der Waals surface area contributed by atoms with Crippen LogP contribution in [0.4, 0.5) is 5.69 Å². The average Bonchev–Trinajstić information content (AvgIpc) is 2.78. The quantitative estimate of drug-likeness (QED) is 0.717. The summed E-state index contributed by atoms with van der Waals surface area (Å²) in [5.41, 5.74) is 0.169. The van der Waals surface area contributed by atoms with Crippen LogP contribution in [0.1, 0.15) is 20.0 Å². The molecule has 1 heterocycles. The Kier molecular flexibility index (Phi) is 4.85. The highest BCUT2D eigenvalue weighted by atomic mass is 79.9. The summed E-state index contributed by atoms with van der Waals surface area (Å²) in [5, 5.41) is 13.8. The molecule has 2 N–H and O–H groups in total. The molecule has 0 spiro atoms. The third-order valence-electron chi connectivity index (χ3n) is 2.35. The van der Waals surface area contributed by atoms with Crippen molar-refractivity contribution in [3.05, 3.63) is 48.0 Å². The fourth-order valence-corrected chi connectivity index (χ4v) is 3.86. The van der Waals surface area contributed by atoms with Crippen molar-refractivity contribution in [1.29, 1.82) is 0 Å². The van der Waals surface area contributed by atoms with Crippen LogP contribution in [-0.4, -0.2) is 17.0 Å². The van der Waals surface area contributed by atoms with E-state index in [1.165, 1.54) is 17.4 Å². The number of carbonyl (C=O) groups is 2. The van der Waals surface area contributed by atoms with Crippen LogP contribution in [0.3, 0.4) is 0 Å². The molecular formula is C12H6Br2ClNO3S. The predicted molar refractivity (Wildman–Crippen MR) is 86.1 cm³/mol. The van der Waals surface area contributed by atoms with Gasteiger partial charge < -0.3 is 10.4 Å². The normalized spacial score (nSPS) is 10.3. The van der Waals surface area contributed by atoms with Crippen molar-refractivity contribution < 1.29 is 14.7 Å². The molecule has 8 heteroatoms. The van der Waals surface area contributed by atoms with Crippen molar-refractivity contribution in [2.75, 3.05) is 5.32 Å². The van der Waals surface area contributed by atoms with Gasteiger partial charge >= 0.3 is 5.97 Å². The van der Waals surface area contributed by atoms with E-state index in [1.807, 2.05) is 0 Å². The number of aromatic carboxylic acids is 1. The summed E-state index contributed by atoms with van der Waals surface area (Å²) in [5.74, 6) is -1.59. The van der Waals surface area contributed by atoms with Gasteiger partial charge in [-0.1, -0.05) is 27.5 Å². The number of benzene rings is 1. The zero-order valence-corrected chi connectivity index (χ0v) is 14.4. The highest BCUT2D eigenvalue weighted by Crippen LogP contribution is 2.32. The zero-order chi connectivity index (χ0) is 14.9. The average molecular weight is 440 g/mol. The van der Waals surface area contributed by atoms with Gasteiger partial charge in [0.25, 0.3) is 5.91 Å². The number of rotatable bonds is 3. The number of hydrogen-bond acceptors (Lipinski definition) is 3. The van der Waals surface area contributed by atoms with Crippen molar-refractivity contribution in [3.63, 3.8) is 0 Å². The van der Waals surface area contributed by atoms with Crippen LogP contribution in [0.2, 0.25) is 5.02 Å². The molecule has 104 valence electrons. The maximum Gasteiger partial charge on any atom is 0.337 e. The first-order valence-corrected chi connectivity index (χ1v) is 8.01. The molecular weight excluding hydrogens is 433 g/mol. The van der Waals surface area contributed by atoms with Gasteiger partial charge in [0.05, 0.1) is 16.3 Å². The largest absolute Gasteiger partial charge is 0.478 e. The maximum absolute atomic E-state index is 12.1. The Morgan fingerprint density at radius 2 is 2.00 bits per heavy atom. The molecule has 0 unspecified atom stereocenters. The fourth-order valence-electron chi connectivity index (χ4n) is 1.50. The highest BCUT2D eigenvalue weighted by molar-refractivity contribution is 9.11. The molecule has 0 atom stereocenters. The number of carboxylic acids is 1. The number of thiophene rings is 1. The lowest BCUT2D eigenvalue weighted by Gasteiger charge is -2.11. The Bertz CT molecular complexity index is 702. The van der Waals surface area contributed by atoms with E-state index in [0.717, 1.165) is 0 Å². The van der Waals surface area contributed by atoms with E-state index in [1.54, 1.807) is 17.5 Å². The minimum Gasteiger partial charge on any atom is -0.478 e. The topological polar surface area (TPSA) is 66.4 Å². The van der Waals surface area contributed by atoms with Gasteiger partial charge in [0.15, 0.2) is 0 Å². The van der Waals surface area contributed by atoms with Crippen molar-refractivity contribution >= 4 is 72.4 Å². The van der Waals surface area contributed by atoms with Crippen LogP contribution >= 0.6 is 54.8 Å². The Hall–Kier alpha value is -0.890. The third kappa shape index (κ3) is 3.22. The highest BCUT2D eigenvalue weighted by Gasteiger charge is 2.19.